The number of hydrogen-bond acceptors (Lipinski definition) is 4. The molecule has 2 heterocycles. The molecular weight excluding hydrogens is 503 g/mol. The maximum atomic E-state index is 5.60. The molecule has 2 aromatic heterocycles. The zero-order valence-electron chi connectivity index (χ0n) is 17.2. The van der Waals surface area contributed by atoms with Gasteiger partial charge in [0.25, 0.3) is 0 Å². The topological polar surface area (TPSA) is 80.3 Å². The van der Waals surface area contributed by atoms with Gasteiger partial charge in [-0.2, -0.15) is 5.10 Å². The molecule has 0 unspecified atom stereocenters. The molecule has 8 heteroatoms. The van der Waals surface area contributed by atoms with Crippen LogP contribution in [-0.2, 0) is 13.1 Å². The van der Waals surface area contributed by atoms with Gasteiger partial charge in [0.2, 0.25) is 5.89 Å². The lowest BCUT2D eigenvalue weighted by Gasteiger charge is -2.10. The summed E-state index contributed by atoms with van der Waals surface area (Å²) in [6, 6.07) is 20.0. The SMILES string of the molecule is CCNC(=NCc1ccc(-n2cccn2)cc1)NCc1coc(-c2ccccc2)n1.I. The van der Waals surface area contributed by atoms with E-state index in [1.807, 2.05) is 66.3 Å². The number of nitrogens with zero attached hydrogens (tertiary/aromatic N) is 4. The van der Waals surface area contributed by atoms with E-state index in [4.69, 9.17) is 4.42 Å². The number of guanidine groups is 1. The fraction of sp³-hybridized carbons (Fsp3) is 0.174. The number of aromatic nitrogens is 3. The summed E-state index contributed by atoms with van der Waals surface area (Å²) >= 11 is 0. The van der Waals surface area contributed by atoms with E-state index in [9.17, 15) is 0 Å². The fourth-order valence-corrected chi connectivity index (χ4v) is 2.96. The van der Waals surface area contributed by atoms with E-state index in [0.717, 1.165) is 35.0 Å². The van der Waals surface area contributed by atoms with Crippen molar-refractivity contribution >= 4 is 29.9 Å². The molecule has 7 nitrogen and oxygen atoms in total. The van der Waals surface area contributed by atoms with Crippen LogP contribution in [0, 0.1) is 0 Å². The Bertz CT molecular complexity index is 1070. The summed E-state index contributed by atoms with van der Waals surface area (Å²) < 4.78 is 7.43. The van der Waals surface area contributed by atoms with Gasteiger partial charge in [0.1, 0.15) is 6.26 Å². The number of rotatable bonds is 7. The standard InChI is InChI=1S/C23H24N6O.HI/c1-2-24-23(25-15-18-9-11-21(12-10-18)29-14-6-13-27-29)26-16-20-17-30-22(28-20)19-7-4-3-5-8-19;/h3-14,17H,2,15-16H2,1H3,(H2,24,25,26);1H. The molecule has 0 amide bonds. The molecule has 2 aromatic carbocycles. The Morgan fingerprint density at radius 3 is 2.55 bits per heavy atom. The molecule has 0 atom stereocenters. The number of hydrogen-bond donors (Lipinski definition) is 2. The maximum absolute atomic E-state index is 5.60. The van der Waals surface area contributed by atoms with E-state index in [2.05, 4.69) is 37.8 Å². The Hall–Kier alpha value is -3.14. The van der Waals surface area contributed by atoms with Crippen LogP contribution in [0.3, 0.4) is 0 Å². The van der Waals surface area contributed by atoms with Gasteiger partial charge in [0.05, 0.1) is 24.5 Å². The lowest BCUT2D eigenvalue weighted by atomic mass is 10.2. The zero-order valence-corrected chi connectivity index (χ0v) is 19.6. The van der Waals surface area contributed by atoms with Crippen molar-refractivity contribution in [2.75, 3.05) is 6.54 Å². The third kappa shape index (κ3) is 6.17. The molecule has 2 N–H and O–H groups in total. The smallest absolute Gasteiger partial charge is 0.226 e. The average molecular weight is 528 g/mol. The highest BCUT2D eigenvalue weighted by atomic mass is 127. The fourth-order valence-electron chi connectivity index (χ4n) is 2.96. The Kier molecular flexibility index (Phi) is 8.22. The maximum Gasteiger partial charge on any atom is 0.226 e. The predicted molar refractivity (Wildman–Crippen MR) is 133 cm³/mol. The van der Waals surface area contributed by atoms with Crippen molar-refractivity contribution in [1.29, 1.82) is 0 Å². The first-order valence-electron chi connectivity index (χ1n) is 9.93. The van der Waals surface area contributed by atoms with Gasteiger partial charge in [-0.05, 0) is 42.8 Å². The highest BCUT2D eigenvalue weighted by Gasteiger charge is 2.07. The monoisotopic (exact) mass is 528 g/mol. The molecule has 0 saturated carbocycles. The summed E-state index contributed by atoms with van der Waals surface area (Å²) in [5.41, 5.74) is 3.93. The van der Waals surface area contributed by atoms with Gasteiger partial charge >= 0.3 is 0 Å². The Morgan fingerprint density at radius 1 is 1.03 bits per heavy atom. The van der Waals surface area contributed by atoms with Gasteiger partial charge in [0.15, 0.2) is 5.96 Å². The summed E-state index contributed by atoms with van der Waals surface area (Å²) in [4.78, 5) is 9.21. The van der Waals surface area contributed by atoms with Crippen LogP contribution < -0.4 is 10.6 Å². The predicted octanol–water partition coefficient (Wildman–Crippen LogP) is 4.40. The van der Waals surface area contributed by atoms with Crippen molar-refractivity contribution in [3.05, 3.63) is 90.6 Å². The first kappa shape index (κ1) is 22.5. The molecule has 0 aliphatic rings. The minimum absolute atomic E-state index is 0. The third-order valence-electron chi connectivity index (χ3n) is 4.48. The third-order valence-corrected chi connectivity index (χ3v) is 4.48. The second-order valence-electron chi connectivity index (χ2n) is 6.68. The van der Waals surface area contributed by atoms with E-state index in [0.29, 0.717) is 19.0 Å². The van der Waals surface area contributed by atoms with Gasteiger partial charge in [-0.15, -0.1) is 24.0 Å². The molecule has 4 rings (SSSR count). The van der Waals surface area contributed by atoms with E-state index >= 15 is 0 Å². The molecule has 0 bridgehead atoms. The van der Waals surface area contributed by atoms with Crippen LogP contribution in [-0.4, -0.2) is 27.3 Å². The molecule has 4 aromatic rings. The normalized spacial score (nSPS) is 11.1. The Labute approximate surface area is 198 Å². The highest BCUT2D eigenvalue weighted by molar-refractivity contribution is 14.0. The van der Waals surface area contributed by atoms with Crippen molar-refractivity contribution in [3.63, 3.8) is 0 Å². The molecular formula is C23H25IN6O. The second-order valence-corrected chi connectivity index (χ2v) is 6.68. The average Bonchev–Trinajstić information content (AvgIpc) is 3.49. The van der Waals surface area contributed by atoms with Gasteiger partial charge in [0, 0.05) is 24.5 Å². The number of benzene rings is 2. The van der Waals surface area contributed by atoms with Gasteiger partial charge in [-0.3, -0.25) is 0 Å². The molecule has 0 aliphatic carbocycles. The minimum Gasteiger partial charge on any atom is -0.444 e. The minimum atomic E-state index is 0. The van der Waals surface area contributed by atoms with Crippen LogP contribution in [0.4, 0.5) is 0 Å². The number of aliphatic imine (C=N–C) groups is 1. The Morgan fingerprint density at radius 2 is 1.84 bits per heavy atom. The van der Waals surface area contributed by atoms with Crippen molar-refractivity contribution in [3.8, 4) is 17.1 Å². The number of halogens is 1. The molecule has 31 heavy (non-hydrogen) atoms. The Balaban J connectivity index is 0.00000272. The molecule has 160 valence electrons. The van der Waals surface area contributed by atoms with Crippen LogP contribution in [0.1, 0.15) is 18.2 Å². The first-order chi connectivity index (χ1) is 14.8. The molecule has 0 saturated heterocycles. The quantitative estimate of drug-likeness (QED) is 0.211. The summed E-state index contributed by atoms with van der Waals surface area (Å²) in [6.07, 6.45) is 5.37. The summed E-state index contributed by atoms with van der Waals surface area (Å²) in [5, 5.41) is 10.8. The molecule has 0 aliphatic heterocycles. The lowest BCUT2D eigenvalue weighted by molar-refractivity contribution is 0.572. The number of nitrogens with one attached hydrogen (secondary N) is 2. The molecule has 0 fully saturated rings. The van der Waals surface area contributed by atoms with Crippen molar-refractivity contribution in [1.82, 2.24) is 25.4 Å². The number of oxazole rings is 1. The first-order valence-corrected chi connectivity index (χ1v) is 9.93. The largest absolute Gasteiger partial charge is 0.444 e. The van der Waals surface area contributed by atoms with Crippen LogP contribution in [0.25, 0.3) is 17.1 Å². The van der Waals surface area contributed by atoms with Gasteiger partial charge in [-0.25, -0.2) is 14.7 Å². The van der Waals surface area contributed by atoms with Crippen molar-refractivity contribution < 1.29 is 4.42 Å². The van der Waals surface area contributed by atoms with E-state index in [1.54, 1.807) is 12.5 Å². The van der Waals surface area contributed by atoms with Crippen molar-refractivity contribution in [2.24, 2.45) is 4.99 Å². The summed E-state index contributed by atoms with van der Waals surface area (Å²) in [5.74, 6) is 1.35. The highest BCUT2D eigenvalue weighted by Crippen LogP contribution is 2.17. The lowest BCUT2D eigenvalue weighted by Crippen LogP contribution is -2.36. The van der Waals surface area contributed by atoms with Gasteiger partial charge < -0.3 is 15.1 Å². The van der Waals surface area contributed by atoms with E-state index < -0.39 is 0 Å². The van der Waals surface area contributed by atoms with Crippen LogP contribution in [0.5, 0.6) is 0 Å². The summed E-state index contributed by atoms with van der Waals surface area (Å²) in [7, 11) is 0. The van der Waals surface area contributed by atoms with Crippen LogP contribution in [0.15, 0.2) is 88.7 Å². The zero-order chi connectivity index (χ0) is 20.6. The molecule has 0 spiro atoms. The molecule has 0 radical (unpaired) electrons. The van der Waals surface area contributed by atoms with E-state index in [-0.39, 0.29) is 24.0 Å². The second kappa shape index (κ2) is 11.3. The van der Waals surface area contributed by atoms with Crippen LogP contribution in [0.2, 0.25) is 0 Å². The van der Waals surface area contributed by atoms with Gasteiger partial charge in [-0.1, -0.05) is 30.3 Å². The van der Waals surface area contributed by atoms with Crippen molar-refractivity contribution in [2.45, 2.75) is 20.0 Å². The summed E-state index contributed by atoms with van der Waals surface area (Å²) in [6.45, 7) is 3.92. The van der Waals surface area contributed by atoms with E-state index in [1.165, 1.54) is 0 Å². The van der Waals surface area contributed by atoms with Crippen LogP contribution >= 0.6 is 24.0 Å².